The summed E-state index contributed by atoms with van der Waals surface area (Å²) in [7, 11) is 0. The molecule has 0 spiro atoms. The molecule has 17 heavy (non-hydrogen) atoms. The third-order valence-corrected chi connectivity index (χ3v) is 2.41. The molecule has 1 saturated heterocycles. The van der Waals surface area contributed by atoms with Crippen LogP contribution in [0.5, 0.6) is 0 Å². The zero-order valence-corrected chi connectivity index (χ0v) is 9.31. The van der Waals surface area contributed by atoms with Gasteiger partial charge in [0.25, 0.3) is 0 Å². The predicted molar refractivity (Wildman–Crippen MR) is 54.7 cm³/mol. The van der Waals surface area contributed by atoms with E-state index >= 15 is 0 Å². The molecule has 0 aromatic carbocycles. The molecule has 5 atom stereocenters. The molecule has 0 saturated carbocycles. The van der Waals surface area contributed by atoms with Crippen LogP contribution in [0.4, 0.5) is 0 Å². The zero-order chi connectivity index (χ0) is 13.2. The number of aliphatic hydroxyl groups excluding tert-OH is 4. The van der Waals surface area contributed by atoms with Crippen LogP contribution in [-0.2, 0) is 14.3 Å². The third-order valence-electron chi connectivity index (χ3n) is 2.41. The average molecular weight is 248 g/mol. The lowest BCUT2D eigenvalue weighted by Crippen LogP contribution is -2.58. The molecule has 1 fully saturated rings. The van der Waals surface area contributed by atoms with Crippen LogP contribution in [0.3, 0.4) is 0 Å². The Bertz CT molecular complexity index is 303. The minimum atomic E-state index is -1.64. The summed E-state index contributed by atoms with van der Waals surface area (Å²) < 4.78 is 9.52. The van der Waals surface area contributed by atoms with Gasteiger partial charge in [-0.05, 0) is 6.92 Å². The molecule has 1 aliphatic rings. The molecule has 0 radical (unpaired) electrons. The van der Waals surface area contributed by atoms with E-state index in [2.05, 4.69) is 6.58 Å². The van der Waals surface area contributed by atoms with Crippen molar-refractivity contribution in [2.24, 2.45) is 0 Å². The number of esters is 1. The van der Waals surface area contributed by atoms with Crippen molar-refractivity contribution in [1.29, 1.82) is 0 Å². The number of hydrogen-bond donors (Lipinski definition) is 4. The molecule has 1 heterocycles. The average Bonchev–Trinajstić information content (AvgIpc) is 2.28. The molecule has 1 aliphatic heterocycles. The minimum Gasteiger partial charge on any atom is -0.459 e. The highest BCUT2D eigenvalue weighted by Gasteiger charge is 2.43. The lowest BCUT2D eigenvalue weighted by molar-refractivity contribution is -0.287. The van der Waals surface area contributed by atoms with Crippen LogP contribution in [0.2, 0.25) is 0 Å². The Morgan fingerprint density at radius 1 is 1.24 bits per heavy atom. The fraction of sp³-hybridized carbons (Fsp3) is 0.700. The van der Waals surface area contributed by atoms with Crippen molar-refractivity contribution in [3.8, 4) is 0 Å². The maximum absolute atomic E-state index is 11.1. The van der Waals surface area contributed by atoms with Gasteiger partial charge in [-0.2, -0.15) is 0 Å². The van der Waals surface area contributed by atoms with Crippen molar-refractivity contribution < 1.29 is 34.7 Å². The normalized spacial score (nSPS) is 37.6. The van der Waals surface area contributed by atoms with Gasteiger partial charge in [-0.3, -0.25) is 0 Å². The van der Waals surface area contributed by atoms with Crippen LogP contribution in [0.25, 0.3) is 0 Å². The first-order valence-corrected chi connectivity index (χ1v) is 5.05. The van der Waals surface area contributed by atoms with E-state index in [0.29, 0.717) is 0 Å². The van der Waals surface area contributed by atoms with Crippen LogP contribution in [0.1, 0.15) is 6.92 Å². The van der Waals surface area contributed by atoms with E-state index in [4.69, 9.17) is 9.47 Å². The van der Waals surface area contributed by atoms with Gasteiger partial charge >= 0.3 is 5.97 Å². The van der Waals surface area contributed by atoms with Gasteiger partial charge in [-0.25, -0.2) is 4.79 Å². The first-order valence-electron chi connectivity index (χ1n) is 5.05. The minimum absolute atomic E-state index is 0.177. The summed E-state index contributed by atoms with van der Waals surface area (Å²) in [4.78, 5) is 11.1. The quantitative estimate of drug-likeness (QED) is 0.334. The van der Waals surface area contributed by atoms with E-state index in [1.54, 1.807) is 0 Å². The summed E-state index contributed by atoms with van der Waals surface area (Å²) in [6.07, 6.45) is -7.36. The molecular weight excluding hydrogens is 232 g/mol. The monoisotopic (exact) mass is 248 g/mol. The maximum atomic E-state index is 11.1. The summed E-state index contributed by atoms with van der Waals surface area (Å²) >= 11 is 0. The second kappa shape index (κ2) is 5.56. The summed E-state index contributed by atoms with van der Waals surface area (Å²) in [5.41, 5.74) is 0.177. The molecular formula is C10H16O7. The van der Waals surface area contributed by atoms with Gasteiger partial charge in [-0.1, -0.05) is 6.58 Å². The van der Waals surface area contributed by atoms with E-state index in [1.165, 1.54) is 6.92 Å². The fourth-order valence-corrected chi connectivity index (χ4v) is 1.35. The van der Waals surface area contributed by atoms with Crippen molar-refractivity contribution >= 4 is 5.97 Å². The van der Waals surface area contributed by atoms with Crippen LogP contribution in [0.15, 0.2) is 12.2 Å². The number of carbonyl (C=O) groups is 1. The molecule has 4 N–H and O–H groups in total. The first kappa shape index (κ1) is 14.1. The van der Waals surface area contributed by atoms with Crippen LogP contribution in [-0.4, -0.2) is 63.7 Å². The third kappa shape index (κ3) is 3.24. The smallest absolute Gasteiger partial charge is 0.333 e. The zero-order valence-electron chi connectivity index (χ0n) is 9.31. The molecule has 0 aromatic heterocycles. The first-order chi connectivity index (χ1) is 7.84. The van der Waals surface area contributed by atoms with E-state index in [9.17, 15) is 25.2 Å². The van der Waals surface area contributed by atoms with Gasteiger partial charge in [0.15, 0.2) is 6.29 Å². The van der Waals surface area contributed by atoms with Crippen molar-refractivity contribution in [1.82, 2.24) is 0 Å². The molecule has 0 aromatic rings. The Hall–Kier alpha value is -0.990. The molecule has 0 amide bonds. The van der Waals surface area contributed by atoms with Gasteiger partial charge < -0.3 is 29.9 Å². The van der Waals surface area contributed by atoms with Crippen LogP contribution < -0.4 is 0 Å². The Labute approximate surface area is 97.9 Å². The summed E-state index contributed by atoms with van der Waals surface area (Å²) in [5, 5.41) is 37.3. The van der Waals surface area contributed by atoms with Gasteiger partial charge in [-0.15, -0.1) is 0 Å². The van der Waals surface area contributed by atoms with E-state index < -0.39 is 36.7 Å². The van der Waals surface area contributed by atoms with Gasteiger partial charge in [0.1, 0.15) is 31.0 Å². The number of aliphatic hydroxyl groups is 4. The number of rotatable bonds is 3. The van der Waals surface area contributed by atoms with Crippen LogP contribution >= 0.6 is 0 Å². The Morgan fingerprint density at radius 3 is 2.35 bits per heavy atom. The molecule has 7 nitrogen and oxygen atoms in total. The summed E-state index contributed by atoms with van der Waals surface area (Å²) in [5.74, 6) is -0.670. The highest BCUT2D eigenvalue weighted by Crippen LogP contribution is 2.20. The Balaban J connectivity index is 2.54. The van der Waals surface area contributed by atoms with E-state index in [1.807, 2.05) is 0 Å². The predicted octanol–water partition coefficient (Wildman–Crippen LogP) is -2.09. The molecule has 1 rings (SSSR count). The standard InChI is InChI=1S/C10H16O7/c1-4(2)9(14)16-3-5-6(11)7(12)8(13)10(15)17-5/h5-8,10-13,15H,1,3H2,2H3/t5?,6-,7+,8?,10-/m1/s1. The van der Waals surface area contributed by atoms with Gasteiger partial charge in [0, 0.05) is 5.57 Å². The van der Waals surface area contributed by atoms with Crippen molar-refractivity contribution in [3.05, 3.63) is 12.2 Å². The summed E-state index contributed by atoms with van der Waals surface area (Å²) in [6, 6.07) is 0. The second-order valence-corrected chi connectivity index (χ2v) is 3.92. The lowest BCUT2D eigenvalue weighted by Gasteiger charge is -2.37. The molecule has 0 bridgehead atoms. The lowest BCUT2D eigenvalue weighted by atomic mass is 9.99. The molecule has 2 unspecified atom stereocenters. The SMILES string of the molecule is C=C(C)C(=O)OCC1O[C@@H](O)C(O)[C@@H](O)[C@@H]1O. The van der Waals surface area contributed by atoms with Gasteiger partial charge in [0.2, 0.25) is 0 Å². The van der Waals surface area contributed by atoms with Crippen molar-refractivity contribution in [3.63, 3.8) is 0 Å². The van der Waals surface area contributed by atoms with Crippen LogP contribution in [0, 0.1) is 0 Å². The number of hydrogen-bond acceptors (Lipinski definition) is 7. The number of carbonyl (C=O) groups excluding carboxylic acids is 1. The number of ether oxygens (including phenoxy) is 2. The van der Waals surface area contributed by atoms with E-state index in [-0.39, 0.29) is 12.2 Å². The maximum Gasteiger partial charge on any atom is 0.333 e. The van der Waals surface area contributed by atoms with Crippen molar-refractivity contribution in [2.45, 2.75) is 37.6 Å². The highest BCUT2D eigenvalue weighted by atomic mass is 16.6. The second-order valence-electron chi connectivity index (χ2n) is 3.92. The fourth-order valence-electron chi connectivity index (χ4n) is 1.35. The van der Waals surface area contributed by atoms with Crippen molar-refractivity contribution in [2.75, 3.05) is 6.61 Å². The molecule has 98 valence electrons. The highest BCUT2D eigenvalue weighted by molar-refractivity contribution is 5.86. The van der Waals surface area contributed by atoms with Gasteiger partial charge in [0.05, 0.1) is 0 Å². The molecule has 0 aliphatic carbocycles. The van der Waals surface area contributed by atoms with E-state index in [0.717, 1.165) is 0 Å². The summed E-state index contributed by atoms with van der Waals surface area (Å²) in [6.45, 7) is 4.46. The Kier molecular flexibility index (Phi) is 4.61. The topological polar surface area (TPSA) is 116 Å². The Morgan fingerprint density at radius 2 is 1.82 bits per heavy atom. The molecule has 7 heteroatoms. The largest absolute Gasteiger partial charge is 0.459 e.